The maximum Gasteiger partial charge on any atom is 0.223 e. The van der Waals surface area contributed by atoms with E-state index in [9.17, 15) is 4.79 Å². The summed E-state index contributed by atoms with van der Waals surface area (Å²) in [7, 11) is 0. The van der Waals surface area contributed by atoms with Crippen LogP contribution in [-0.2, 0) is 11.2 Å². The minimum Gasteiger partial charge on any atom is -0.335 e. The number of aryl methyl sites for hydroxylation is 1. The molecule has 0 atom stereocenters. The number of nitrogens with one attached hydrogen (secondary N) is 1. The van der Waals surface area contributed by atoms with Crippen LogP contribution in [0.4, 0.5) is 0 Å². The van der Waals surface area contributed by atoms with Crippen LogP contribution in [0.1, 0.15) is 32.4 Å². The highest BCUT2D eigenvalue weighted by Crippen LogP contribution is 2.18. The van der Waals surface area contributed by atoms with Crippen molar-refractivity contribution in [2.75, 3.05) is 19.6 Å². The lowest BCUT2D eigenvalue weighted by Crippen LogP contribution is -2.59. The maximum atomic E-state index is 12.3. The summed E-state index contributed by atoms with van der Waals surface area (Å²) in [6.45, 7) is 6.83. The molecular weight excluding hydrogens is 238 g/mol. The first kappa shape index (κ1) is 14.0. The van der Waals surface area contributed by atoms with Gasteiger partial charge in [0.2, 0.25) is 5.91 Å². The molecule has 1 N–H and O–H groups in total. The van der Waals surface area contributed by atoms with Gasteiger partial charge in [0, 0.05) is 43.5 Å². The van der Waals surface area contributed by atoms with Crippen molar-refractivity contribution >= 4 is 5.91 Å². The highest BCUT2D eigenvalue weighted by molar-refractivity contribution is 5.77. The van der Waals surface area contributed by atoms with Crippen molar-refractivity contribution in [3.8, 4) is 0 Å². The molecule has 0 aromatic carbocycles. The second kappa shape index (κ2) is 6.15. The van der Waals surface area contributed by atoms with Gasteiger partial charge < -0.3 is 10.2 Å². The summed E-state index contributed by atoms with van der Waals surface area (Å²) in [6, 6.07) is 5.92. The standard InChI is InChI=1S/C15H23N3O/c1-15(2)12-16-10-11-18(15)14(19)8-5-7-13-6-3-4-9-17-13/h3-4,6,9,16H,5,7-8,10-12H2,1-2H3. The van der Waals surface area contributed by atoms with Gasteiger partial charge >= 0.3 is 0 Å². The van der Waals surface area contributed by atoms with Gasteiger partial charge in [0.1, 0.15) is 0 Å². The van der Waals surface area contributed by atoms with E-state index >= 15 is 0 Å². The van der Waals surface area contributed by atoms with Crippen molar-refractivity contribution in [2.24, 2.45) is 0 Å². The molecule has 1 aliphatic rings. The Morgan fingerprint density at radius 3 is 3.00 bits per heavy atom. The first-order valence-electron chi connectivity index (χ1n) is 7.01. The fourth-order valence-corrected chi connectivity index (χ4v) is 2.55. The molecule has 104 valence electrons. The average molecular weight is 261 g/mol. The third-order valence-electron chi connectivity index (χ3n) is 3.65. The highest BCUT2D eigenvalue weighted by Gasteiger charge is 2.32. The quantitative estimate of drug-likeness (QED) is 0.895. The predicted octanol–water partition coefficient (Wildman–Crippen LogP) is 1.61. The maximum absolute atomic E-state index is 12.3. The summed E-state index contributed by atoms with van der Waals surface area (Å²) in [6.07, 6.45) is 4.16. The molecule has 1 saturated heterocycles. The van der Waals surface area contributed by atoms with Gasteiger partial charge in [0.05, 0.1) is 0 Å². The van der Waals surface area contributed by atoms with Crippen LogP contribution >= 0.6 is 0 Å². The van der Waals surface area contributed by atoms with E-state index in [1.165, 1.54) is 0 Å². The molecule has 1 aromatic heterocycles. The lowest BCUT2D eigenvalue weighted by Gasteiger charge is -2.43. The van der Waals surface area contributed by atoms with Crippen molar-refractivity contribution in [3.05, 3.63) is 30.1 Å². The number of aromatic nitrogens is 1. The van der Waals surface area contributed by atoms with Gasteiger partial charge in [-0.3, -0.25) is 9.78 Å². The lowest BCUT2D eigenvalue weighted by atomic mass is 9.99. The van der Waals surface area contributed by atoms with Gasteiger partial charge in [-0.15, -0.1) is 0 Å². The van der Waals surface area contributed by atoms with Gasteiger partial charge in [-0.05, 0) is 38.8 Å². The molecule has 0 unspecified atom stereocenters. The van der Waals surface area contributed by atoms with E-state index in [1.807, 2.05) is 23.1 Å². The molecular formula is C15H23N3O. The van der Waals surface area contributed by atoms with Gasteiger partial charge in [0.25, 0.3) is 0 Å². The molecule has 2 heterocycles. The second-order valence-corrected chi connectivity index (χ2v) is 5.71. The van der Waals surface area contributed by atoms with Crippen molar-refractivity contribution in [2.45, 2.75) is 38.6 Å². The van der Waals surface area contributed by atoms with E-state index in [0.717, 1.165) is 38.2 Å². The van der Waals surface area contributed by atoms with Crippen LogP contribution in [0.3, 0.4) is 0 Å². The summed E-state index contributed by atoms with van der Waals surface area (Å²) >= 11 is 0. The minimum absolute atomic E-state index is 0.0691. The Morgan fingerprint density at radius 2 is 2.32 bits per heavy atom. The number of rotatable bonds is 4. The zero-order valence-corrected chi connectivity index (χ0v) is 11.9. The number of hydrogen-bond donors (Lipinski definition) is 1. The smallest absolute Gasteiger partial charge is 0.223 e. The van der Waals surface area contributed by atoms with Crippen LogP contribution in [0.2, 0.25) is 0 Å². The zero-order chi connectivity index (χ0) is 13.7. The van der Waals surface area contributed by atoms with Crippen molar-refractivity contribution in [1.29, 1.82) is 0 Å². The molecule has 0 bridgehead atoms. The zero-order valence-electron chi connectivity index (χ0n) is 11.9. The number of nitrogens with zero attached hydrogens (tertiary/aromatic N) is 2. The Kier molecular flexibility index (Phi) is 4.53. The number of pyridine rings is 1. The molecule has 1 fully saturated rings. The molecule has 0 radical (unpaired) electrons. The molecule has 0 spiro atoms. The Labute approximate surface area is 115 Å². The monoisotopic (exact) mass is 261 g/mol. The van der Waals surface area contributed by atoms with Crippen LogP contribution in [0.25, 0.3) is 0 Å². The molecule has 1 aliphatic heterocycles. The van der Waals surface area contributed by atoms with Crippen LogP contribution in [0.5, 0.6) is 0 Å². The molecule has 0 saturated carbocycles. The third-order valence-corrected chi connectivity index (χ3v) is 3.65. The van der Waals surface area contributed by atoms with E-state index in [2.05, 4.69) is 24.1 Å². The van der Waals surface area contributed by atoms with Crippen LogP contribution in [0.15, 0.2) is 24.4 Å². The average Bonchev–Trinajstić information content (AvgIpc) is 2.39. The van der Waals surface area contributed by atoms with Crippen LogP contribution in [0, 0.1) is 0 Å². The first-order valence-corrected chi connectivity index (χ1v) is 7.01. The molecule has 1 amide bonds. The van der Waals surface area contributed by atoms with Gasteiger partial charge in [0.15, 0.2) is 0 Å². The minimum atomic E-state index is -0.0691. The van der Waals surface area contributed by atoms with E-state index in [-0.39, 0.29) is 11.4 Å². The van der Waals surface area contributed by atoms with Crippen molar-refractivity contribution < 1.29 is 4.79 Å². The lowest BCUT2D eigenvalue weighted by molar-refractivity contribution is -0.137. The Balaban J connectivity index is 1.81. The van der Waals surface area contributed by atoms with E-state index < -0.39 is 0 Å². The number of piperazine rings is 1. The second-order valence-electron chi connectivity index (χ2n) is 5.71. The van der Waals surface area contributed by atoms with Gasteiger partial charge in [-0.25, -0.2) is 0 Å². The summed E-state index contributed by atoms with van der Waals surface area (Å²) < 4.78 is 0. The van der Waals surface area contributed by atoms with Gasteiger partial charge in [-0.2, -0.15) is 0 Å². The molecule has 4 nitrogen and oxygen atoms in total. The number of carbonyl (C=O) groups is 1. The Bertz CT molecular complexity index is 417. The number of hydrogen-bond acceptors (Lipinski definition) is 3. The Hall–Kier alpha value is -1.42. The van der Waals surface area contributed by atoms with E-state index in [1.54, 1.807) is 6.20 Å². The number of carbonyl (C=O) groups excluding carboxylic acids is 1. The van der Waals surface area contributed by atoms with E-state index in [4.69, 9.17) is 0 Å². The molecule has 2 rings (SSSR count). The third kappa shape index (κ3) is 3.77. The first-order chi connectivity index (χ1) is 9.09. The predicted molar refractivity (Wildman–Crippen MR) is 75.8 cm³/mol. The van der Waals surface area contributed by atoms with Crippen molar-refractivity contribution in [1.82, 2.24) is 15.2 Å². The van der Waals surface area contributed by atoms with E-state index in [0.29, 0.717) is 6.42 Å². The van der Waals surface area contributed by atoms with Crippen LogP contribution in [-0.4, -0.2) is 41.0 Å². The molecule has 0 aliphatic carbocycles. The normalized spacial score (nSPS) is 18.3. The SMILES string of the molecule is CC1(C)CNCCN1C(=O)CCCc1ccccn1. The molecule has 4 heteroatoms. The Morgan fingerprint density at radius 1 is 1.47 bits per heavy atom. The van der Waals surface area contributed by atoms with Crippen molar-refractivity contribution in [3.63, 3.8) is 0 Å². The fourth-order valence-electron chi connectivity index (χ4n) is 2.55. The molecule has 19 heavy (non-hydrogen) atoms. The van der Waals surface area contributed by atoms with Gasteiger partial charge in [-0.1, -0.05) is 6.07 Å². The summed E-state index contributed by atoms with van der Waals surface area (Å²) in [5.74, 6) is 0.266. The summed E-state index contributed by atoms with van der Waals surface area (Å²) in [5, 5.41) is 3.34. The topological polar surface area (TPSA) is 45.2 Å². The summed E-state index contributed by atoms with van der Waals surface area (Å²) in [5.41, 5.74) is 0.996. The highest BCUT2D eigenvalue weighted by atomic mass is 16.2. The number of amides is 1. The summed E-state index contributed by atoms with van der Waals surface area (Å²) in [4.78, 5) is 18.6. The largest absolute Gasteiger partial charge is 0.335 e. The van der Waals surface area contributed by atoms with Crippen LogP contribution < -0.4 is 5.32 Å². The fraction of sp³-hybridized carbons (Fsp3) is 0.600. The molecule has 1 aromatic rings.